The van der Waals surface area contributed by atoms with Gasteiger partial charge in [-0.3, -0.25) is 0 Å². The Morgan fingerprint density at radius 2 is 1.95 bits per heavy atom. The summed E-state index contributed by atoms with van der Waals surface area (Å²) < 4.78 is 97.0. The number of hydrogen-bond donors (Lipinski definition) is 2. The summed E-state index contributed by atoms with van der Waals surface area (Å²) in [6.07, 6.45) is -3.60. The molecule has 2 N–H and O–H groups in total. The number of hydrogen-bond acceptors (Lipinski definition) is 7. The van der Waals surface area contributed by atoms with Crippen molar-refractivity contribution < 1.29 is 30.4 Å². The van der Waals surface area contributed by atoms with Crippen LogP contribution in [-0.4, -0.2) is 70.3 Å². The van der Waals surface area contributed by atoms with Crippen LogP contribution in [0, 0.1) is 12.7 Å². The fraction of sp³-hybridized carbons (Fsp3) is 0.458. The first-order valence-electron chi connectivity index (χ1n) is 12.1. The number of alkyl halides is 4. The van der Waals surface area contributed by atoms with Gasteiger partial charge in [0, 0.05) is 32.0 Å². The van der Waals surface area contributed by atoms with Crippen molar-refractivity contribution >= 4 is 16.0 Å². The third-order valence-electron chi connectivity index (χ3n) is 6.36. The number of aryl methyl sites for hydroxylation is 1. The Bertz CT molecular complexity index is 1450. The number of aromatic nitrogens is 4. The highest BCUT2D eigenvalue weighted by Gasteiger charge is 2.37. The van der Waals surface area contributed by atoms with Gasteiger partial charge in [-0.1, -0.05) is 13.0 Å². The summed E-state index contributed by atoms with van der Waals surface area (Å²) in [5.41, 5.74) is -1.09. The van der Waals surface area contributed by atoms with Crippen LogP contribution < -0.4 is 10.6 Å². The zero-order valence-electron chi connectivity index (χ0n) is 21.4. The van der Waals surface area contributed by atoms with E-state index in [1.54, 1.807) is 6.07 Å². The van der Waals surface area contributed by atoms with Crippen molar-refractivity contribution in [3.05, 3.63) is 53.4 Å². The van der Waals surface area contributed by atoms with Gasteiger partial charge in [0.1, 0.15) is 34.8 Å². The molecule has 0 bridgehead atoms. The van der Waals surface area contributed by atoms with E-state index in [4.69, 9.17) is 0 Å². The maximum Gasteiger partial charge on any atom is 0.420 e. The molecule has 1 fully saturated rings. The lowest BCUT2D eigenvalue weighted by Crippen LogP contribution is -2.49. The van der Waals surface area contributed by atoms with Crippen LogP contribution in [0.1, 0.15) is 30.3 Å². The lowest BCUT2D eigenvalue weighted by atomic mass is 10.1. The molecule has 1 aromatic carbocycles. The van der Waals surface area contributed by atoms with E-state index in [9.17, 15) is 30.4 Å². The molecule has 0 spiro atoms. The fourth-order valence-corrected chi connectivity index (χ4v) is 5.17. The van der Waals surface area contributed by atoms with E-state index in [-0.39, 0.29) is 36.1 Å². The molecule has 1 saturated heterocycles. The average molecular weight is 574 g/mol. The largest absolute Gasteiger partial charge is 0.420 e. The molecule has 0 unspecified atom stereocenters. The normalized spacial score (nSPS) is 18.9. The van der Waals surface area contributed by atoms with Crippen LogP contribution in [0.4, 0.5) is 27.9 Å². The van der Waals surface area contributed by atoms with E-state index in [0.29, 0.717) is 24.8 Å². The number of imidazole rings is 1. The Morgan fingerprint density at radius 1 is 1.21 bits per heavy atom. The highest BCUT2D eigenvalue weighted by atomic mass is 32.2. The molecule has 9 nitrogen and oxygen atoms in total. The summed E-state index contributed by atoms with van der Waals surface area (Å²) >= 11 is 0. The minimum atomic E-state index is -4.83. The summed E-state index contributed by atoms with van der Waals surface area (Å²) in [5.74, 6) is -0.626. The number of rotatable bonds is 8. The molecule has 0 aliphatic carbocycles. The van der Waals surface area contributed by atoms with Crippen molar-refractivity contribution in [2.45, 2.75) is 45.2 Å². The van der Waals surface area contributed by atoms with Gasteiger partial charge in [-0.05, 0) is 37.6 Å². The molecule has 15 heteroatoms. The molecule has 3 aromatic rings. The Kier molecular flexibility index (Phi) is 8.23. The molecule has 1 aliphatic heterocycles. The first-order valence-corrected chi connectivity index (χ1v) is 14.0. The first kappa shape index (κ1) is 28.8. The third kappa shape index (κ3) is 6.53. The van der Waals surface area contributed by atoms with Crippen molar-refractivity contribution in [1.82, 2.24) is 29.1 Å². The first-order chi connectivity index (χ1) is 18.3. The van der Waals surface area contributed by atoms with Crippen molar-refractivity contribution in [3.8, 4) is 17.1 Å². The smallest absolute Gasteiger partial charge is 0.348 e. The van der Waals surface area contributed by atoms with Crippen LogP contribution in [0.2, 0.25) is 0 Å². The van der Waals surface area contributed by atoms with Crippen molar-refractivity contribution in [3.63, 3.8) is 0 Å². The predicted molar refractivity (Wildman–Crippen MR) is 135 cm³/mol. The van der Waals surface area contributed by atoms with Crippen LogP contribution in [-0.2, 0) is 22.7 Å². The average Bonchev–Trinajstić information content (AvgIpc) is 3.23. The monoisotopic (exact) mass is 573 g/mol. The number of piperidine rings is 1. The Morgan fingerprint density at radius 3 is 2.56 bits per heavy atom. The highest BCUT2D eigenvalue weighted by molar-refractivity contribution is 7.88. The van der Waals surface area contributed by atoms with Gasteiger partial charge in [-0.25, -0.2) is 32.2 Å². The molecular formula is C24H28F5N7O2S. The Balaban J connectivity index is 1.65. The topological polar surface area (TPSA) is 105 Å². The third-order valence-corrected chi connectivity index (χ3v) is 7.63. The number of nitrogens with zero attached hydrogens (tertiary/aromatic N) is 5. The van der Waals surface area contributed by atoms with E-state index in [0.717, 1.165) is 10.6 Å². The molecule has 0 saturated carbocycles. The lowest BCUT2D eigenvalue weighted by Gasteiger charge is -2.33. The zero-order chi connectivity index (χ0) is 28.5. The zero-order valence-corrected chi connectivity index (χ0v) is 22.2. The lowest BCUT2D eigenvalue weighted by molar-refractivity contribution is -0.137. The summed E-state index contributed by atoms with van der Waals surface area (Å²) in [6, 6.07) is 3.65. The summed E-state index contributed by atoms with van der Waals surface area (Å²) in [5, 5.41) is 5.78. The van der Waals surface area contributed by atoms with Crippen molar-refractivity contribution in [2.24, 2.45) is 0 Å². The molecular weight excluding hydrogens is 545 g/mol. The predicted octanol–water partition coefficient (Wildman–Crippen LogP) is 3.69. The molecule has 39 heavy (non-hydrogen) atoms. The molecule has 3 heterocycles. The second kappa shape index (κ2) is 11.1. The molecule has 2 aromatic heterocycles. The van der Waals surface area contributed by atoms with Crippen LogP contribution in [0.3, 0.4) is 0 Å². The van der Waals surface area contributed by atoms with Gasteiger partial charge in [0.2, 0.25) is 16.0 Å². The number of halogens is 5. The molecule has 4 rings (SSSR count). The van der Waals surface area contributed by atoms with Gasteiger partial charge in [0.15, 0.2) is 0 Å². The summed E-state index contributed by atoms with van der Waals surface area (Å²) in [7, 11) is -3.59. The van der Waals surface area contributed by atoms with Crippen molar-refractivity contribution in [2.75, 3.05) is 31.2 Å². The van der Waals surface area contributed by atoms with Gasteiger partial charge in [0.05, 0.1) is 18.0 Å². The highest BCUT2D eigenvalue weighted by Crippen LogP contribution is 2.36. The van der Waals surface area contributed by atoms with Crippen LogP contribution in [0.5, 0.6) is 0 Å². The summed E-state index contributed by atoms with van der Waals surface area (Å²) in [4.78, 5) is 11.9. The van der Waals surface area contributed by atoms with E-state index >= 15 is 0 Å². The molecule has 0 amide bonds. The van der Waals surface area contributed by atoms with Gasteiger partial charge < -0.3 is 15.2 Å². The van der Waals surface area contributed by atoms with Gasteiger partial charge in [0.25, 0.3) is 0 Å². The minimum absolute atomic E-state index is 0.0346. The second-order valence-corrected chi connectivity index (χ2v) is 11.2. The van der Waals surface area contributed by atoms with Gasteiger partial charge in [-0.15, -0.1) is 0 Å². The number of benzene rings is 1. The van der Waals surface area contributed by atoms with E-state index < -0.39 is 52.0 Å². The van der Waals surface area contributed by atoms with Crippen LogP contribution in [0.25, 0.3) is 17.1 Å². The second-order valence-electron chi connectivity index (χ2n) is 9.24. The molecule has 2 atom stereocenters. The minimum Gasteiger partial charge on any atom is -0.348 e. The Hall–Kier alpha value is -3.17. The SMILES string of the molecule is CCNCc1ccc(-n2cc(-c3nc(N[C@H]4CCN(S(C)(=O)=O)C[C@H]4F)ncc3C(F)(F)F)nc2C)c(F)c1. The molecule has 0 radical (unpaired) electrons. The molecule has 1 aliphatic rings. The fourth-order valence-electron chi connectivity index (χ4n) is 4.32. The maximum absolute atomic E-state index is 14.9. The van der Waals surface area contributed by atoms with Gasteiger partial charge in [-0.2, -0.15) is 17.5 Å². The number of anilines is 1. The quantitative estimate of drug-likeness (QED) is 0.396. The van der Waals surface area contributed by atoms with Crippen LogP contribution in [0.15, 0.2) is 30.6 Å². The Labute approximate surface area is 222 Å². The van der Waals surface area contributed by atoms with Crippen molar-refractivity contribution in [1.29, 1.82) is 0 Å². The van der Waals surface area contributed by atoms with Gasteiger partial charge >= 0.3 is 6.18 Å². The van der Waals surface area contributed by atoms with E-state index in [1.807, 2.05) is 6.92 Å². The number of nitrogens with one attached hydrogen (secondary N) is 2. The van der Waals surface area contributed by atoms with E-state index in [2.05, 4.69) is 25.6 Å². The van der Waals surface area contributed by atoms with Crippen LogP contribution >= 0.6 is 0 Å². The summed E-state index contributed by atoms with van der Waals surface area (Å²) in [6.45, 7) is 4.24. The number of sulfonamides is 1. The standard InChI is InChI=1S/C24H28F5N7O2S/c1-4-30-10-15-5-6-21(17(25)9-15)36-13-20(32-14(36)2)22-16(24(27,28)29)11-31-23(34-22)33-19-7-8-35(12-18(19)26)39(3,37)38/h5-6,9,11,13,18-19,30H,4,7-8,10,12H2,1-3H3,(H,31,33,34)/t18-,19+/m1/s1. The van der Waals surface area contributed by atoms with E-state index in [1.165, 1.54) is 29.8 Å². The maximum atomic E-state index is 14.9. The molecule has 212 valence electrons.